The van der Waals surface area contributed by atoms with Crippen LogP contribution in [0.5, 0.6) is 0 Å². The first-order valence-corrected chi connectivity index (χ1v) is 7.39. The van der Waals surface area contributed by atoms with Gasteiger partial charge in [-0.15, -0.1) is 5.10 Å². The van der Waals surface area contributed by atoms with Crippen molar-refractivity contribution in [3.05, 3.63) is 36.3 Å². The van der Waals surface area contributed by atoms with E-state index in [1.54, 1.807) is 12.4 Å². The summed E-state index contributed by atoms with van der Waals surface area (Å²) in [5.41, 5.74) is 1.10. The fourth-order valence-electron chi connectivity index (χ4n) is 2.60. The van der Waals surface area contributed by atoms with Gasteiger partial charge in [-0.05, 0) is 30.4 Å². The van der Waals surface area contributed by atoms with Gasteiger partial charge in [-0.3, -0.25) is 4.98 Å². The molecule has 1 atom stereocenters. The zero-order chi connectivity index (χ0) is 14.5. The summed E-state index contributed by atoms with van der Waals surface area (Å²) >= 11 is 0. The first kappa shape index (κ1) is 13.7. The number of hydrogen-bond donors (Lipinski definition) is 1. The number of piperidine rings is 1. The standard InChI is InChI=1S/C15H20N6/c1-12-4-3-7-21(11-12)14-10-18-20-15(19-14)17-9-13-5-2-6-16-8-13/h2,5-6,8,10,12H,3-4,7,9,11H2,1H3,(H,17,19,20). The van der Waals surface area contributed by atoms with Gasteiger partial charge in [0.1, 0.15) is 0 Å². The molecule has 0 radical (unpaired) electrons. The SMILES string of the molecule is CC1CCCN(c2cnnc(NCc3cccnc3)n2)C1. The normalized spacial score (nSPS) is 18.5. The van der Waals surface area contributed by atoms with Gasteiger partial charge in [0.15, 0.2) is 5.82 Å². The second kappa shape index (κ2) is 6.47. The predicted molar refractivity (Wildman–Crippen MR) is 82.0 cm³/mol. The average Bonchev–Trinajstić information content (AvgIpc) is 2.54. The van der Waals surface area contributed by atoms with Crippen molar-refractivity contribution in [1.82, 2.24) is 20.2 Å². The second-order valence-corrected chi connectivity index (χ2v) is 5.55. The van der Waals surface area contributed by atoms with Crippen LogP contribution in [0.3, 0.4) is 0 Å². The minimum absolute atomic E-state index is 0.564. The van der Waals surface area contributed by atoms with E-state index >= 15 is 0 Å². The molecule has 1 N–H and O–H groups in total. The molecule has 21 heavy (non-hydrogen) atoms. The molecule has 1 unspecified atom stereocenters. The lowest BCUT2D eigenvalue weighted by Gasteiger charge is -2.31. The van der Waals surface area contributed by atoms with E-state index in [4.69, 9.17) is 0 Å². The zero-order valence-corrected chi connectivity index (χ0v) is 12.2. The van der Waals surface area contributed by atoms with Gasteiger partial charge in [0.05, 0.1) is 6.20 Å². The summed E-state index contributed by atoms with van der Waals surface area (Å²) in [6.45, 7) is 5.02. The lowest BCUT2D eigenvalue weighted by molar-refractivity contribution is 0.444. The van der Waals surface area contributed by atoms with E-state index in [1.807, 2.05) is 18.3 Å². The van der Waals surface area contributed by atoms with E-state index < -0.39 is 0 Å². The van der Waals surface area contributed by atoms with E-state index in [9.17, 15) is 0 Å². The number of nitrogens with one attached hydrogen (secondary N) is 1. The molecule has 3 rings (SSSR count). The van der Waals surface area contributed by atoms with Gasteiger partial charge in [-0.25, -0.2) is 0 Å². The Bertz CT molecular complexity index is 573. The fraction of sp³-hybridized carbons (Fsp3) is 0.467. The van der Waals surface area contributed by atoms with Crippen molar-refractivity contribution in [2.75, 3.05) is 23.3 Å². The molecular formula is C15H20N6. The maximum absolute atomic E-state index is 4.57. The number of aromatic nitrogens is 4. The minimum atomic E-state index is 0.564. The van der Waals surface area contributed by atoms with Crippen LogP contribution in [0.1, 0.15) is 25.3 Å². The fourth-order valence-corrected chi connectivity index (χ4v) is 2.60. The van der Waals surface area contributed by atoms with Crippen molar-refractivity contribution in [3.63, 3.8) is 0 Å². The largest absolute Gasteiger partial charge is 0.355 e. The van der Waals surface area contributed by atoms with E-state index in [1.165, 1.54) is 12.8 Å². The van der Waals surface area contributed by atoms with Crippen molar-refractivity contribution in [2.24, 2.45) is 5.92 Å². The van der Waals surface area contributed by atoms with Crippen LogP contribution in [-0.4, -0.2) is 33.3 Å². The van der Waals surface area contributed by atoms with Gasteiger partial charge in [0, 0.05) is 32.0 Å². The molecule has 3 heterocycles. The Morgan fingerprint density at radius 2 is 2.33 bits per heavy atom. The van der Waals surface area contributed by atoms with E-state index in [2.05, 4.69) is 37.3 Å². The summed E-state index contributed by atoms with van der Waals surface area (Å²) in [5.74, 6) is 2.18. The number of pyridine rings is 1. The van der Waals surface area contributed by atoms with Gasteiger partial charge in [-0.2, -0.15) is 10.1 Å². The highest BCUT2D eigenvalue weighted by Gasteiger charge is 2.18. The van der Waals surface area contributed by atoms with Crippen molar-refractivity contribution in [1.29, 1.82) is 0 Å². The molecule has 0 amide bonds. The van der Waals surface area contributed by atoms with Crippen LogP contribution < -0.4 is 10.2 Å². The van der Waals surface area contributed by atoms with Crippen molar-refractivity contribution < 1.29 is 0 Å². The molecule has 1 aliphatic heterocycles. The number of hydrogen-bond acceptors (Lipinski definition) is 6. The molecular weight excluding hydrogens is 264 g/mol. The highest BCUT2D eigenvalue weighted by atomic mass is 15.3. The molecule has 110 valence electrons. The molecule has 0 bridgehead atoms. The van der Waals surface area contributed by atoms with Crippen molar-refractivity contribution in [2.45, 2.75) is 26.3 Å². The van der Waals surface area contributed by atoms with Gasteiger partial charge < -0.3 is 10.2 Å². The Morgan fingerprint density at radius 1 is 1.38 bits per heavy atom. The topological polar surface area (TPSA) is 66.8 Å². The third-order valence-electron chi connectivity index (χ3n) is 3.70. The van der Waals surface area contributed by atoms with Crippen LogP contribution in [0.25, 0.3) is 0 Å². The van der Waals surface area contributed by atoms with E-state index in [-0.39, 0.29) is 0 Å². The van der Waals surface area contributed by atoms with Crippen LogP contribution in [0.2, 0.25) is 0 Å². The van der Waals surface area contributed by atoms with Crippen molar-refractivity contribution in [3.8, 4) is 0 Å². The third-order valence-corrected chi connectivity index (χ3v) is 3.70. The molecule has 2 aromatic rings. The molecule has 1 aliphatic rings. The maximum atomic E-state index is 4.57. The molecule has 2 aromatic heterocycles. The molecule has 0 spiro atoms. The Morgan fingerprint density at radius 3 is 3.14 bits per heavy atom. The summed E-state index contributed by atoms with van der Waals surface area (Å²) in [4.78, 5) is 10.9. The van der Waals surface area contributed by atoms with Crippen LogP contribution in [-0.2, 0) is 6.54 Å². The summed E-state index contributed by atoms with van der Waals surface area (Å²) < 4.78 is 0. The number of anilines is 2. The smallest absolute Gasteiger partial charge is 0.244 e. The predicted octanol–water partition coefficient (Wildman–Crippen LogP) is 2.11. The van der Waals surface area contributed by atoms with Crippen molar-refractivity contribution >= 4 is 11.8 Å². The molecule has 1 saturated heterocycles. The quantitative estimate of drug-likeness (QED) is 0.927. The van der Waals surface area contributed by atoms with Crippen LogP contribution in [0.15, 0.2) is 30.7 Å². The van der Waals surface area contributed by atoms with Crippen LogP contribution in [0.4, 0.5) is 11.8 Å². The molecule has 0 aliphatic carbocycles. The first-order chi connectivity index (χ1) is 10.3. The summed E-state index contributed by atoms with van der Waals surface area (Å²) in [7, 11) is 0. The van der Waals surface area contributed by atoms with E-state index in [0.717, 1.165) is 24.5 Å². The average molecular weight is 284 g/mol. The van der Waals surface area contributed by atoms with Gasteiger partial charge in [0.25, 0.3) is 0 Å². The Balaban J connectivity index is 1.65. The lowest BCUT2D eigenvalue weighted by Crippen LogP contribution is -2.35. The second-order valence-electron chi connectivity index (χ2n) is 5.55. The Labute approximate surface area is 124 Å². The number of rotatable bonds is 4. The van der Waals surface area contributed by atoms with Gasteiger partial charge in [-0.1, -0.05) is 13.0 Å². The number of nitrogens with zero attached hydrogens (tertiary/aromatic N) is 5. The van der Waals surface area contributed by atoms with Gasteiger partial charge in [0.2, 0.25) is 5.95 Å². The van der Waals surface area contributed by atoms with E-state index in [0.29, 0.717) is 18.4 Å². The highest BCUT2D eigenvalue weighted by Crippen LogP contribution is 2.20. The van der Waals surface area contributed by atoms with Gasteiger partial charge >= 0.3 is 0 Å². The molecule has 1 fully saturated rings. The summed E-state index contributed by atoms with van der Waals surface area (Å²) in [5, 5.41) is 11.3. The molecule has 0 aromatic carbocycles. The van der Waals surface area contributed by atoms with Crippen LogP contribution in [0, 0.1) is 5.92 Å². The Kier molecular flexibility index (Phi) is 4.23. The minimum Gasteiger partial charge on any atom is -0.355 e. The Hall–Kier alpha value is -2.24. The maximum Gasteiger partial charge on any atom is 0.244 e. The monoisotopic (exact) mass is 284 g/mol. The first-order valence-electron chi connectivity index (χ1n) is 7.39. The lowest BCUT2D eigenvalue weighted by atomic mass is 10.0. The highest BCUT2D eigenvalue weighted by molar-refractivity contribution is 5.40. The van der Waals surface area contributed by atoms with Crippen LogP contribution >= 0.6 is 0 Å². The molecule has 6 heteroatoms. The summed E-state index contributed by atoms with van der Waals surface area (Å²) in [6, 6.07) is 3.94. The summed E-state index contributed by atoms with van der Waals surface area (Å²) in [6.07, 6.45) is 7.84. The molecule has 0 saturated carbocycles. The molecule has 6 nitrogen and oxygen atoms in total. The zero-order valence-electron chi connectivity index (χ0n) is 12.2. The third kappa shape index (κ3) is 3.65.